The van der Waals surface area contributed by atoms with Gasteiger partial charge in [0.05, 0.1) is 5.69 Å². The Labute approximate surface area is 365 Å². The van der Waals surface area contributed by atoms with Gasteiger partial charge >= 0.3 is 0 Å². The number of nitrogens with zero attached hydrogens (tertiary/aromatic N) is 1. The van der Waals surface area contributed by atoms with Crippen molar-refractivity contribution in [1.29, 1.82) is 0 Å². The van der Waals surface area contributed by atoms with Gasteiger partial charge in [-0.05, 0) is 120 Å². The molecule has 12 rings (SSSR count). The van der Waals surface area contributed by atoms with Crippen LogP contribution in [0.3, 0.4) is 0 Å². The fourth-order valence-corrected chi connectivity index (χ4v) is 10.6. The monoisotopic (exact) mass is 805 g/mol. The third kappa shape index (κ3) is 6.15. The number of benzene rings is 11. The molecule has 1 heterocycles. The molecule has 62 heavy (non-hydrogen) atoms. The van der Waals surface area contributed by atoms with Crippen molar-refractivity contribution in [3.8, 4) is 44.5 Å². The lowest BCUT2D eigenvalue weighted by molar-refractivity contribution is 1.29. The molecule has 1 aromatic heterocycles. The maximum absolute atomic E-state index is 2.46. The zero-order valence-electron chi connectivity index (χ0n) is 33.9. The first kappa shape index (κ1) is 36.1. The smallest absolute Gasteiger partial charge is 0.0540 e. The molecule has 0 aliphatic carbocycles. The predicted molar refractivity (Wildman–Crippen MR) is 268 cm³/mol. The molecule has 0 aliphatic rings. The van der Waals surface area contributed by atoms with Crippen LogP contribution in [0.1, 0.15) is 0 Å². The van der Waals surface area contributed by atoms with Gasteiger partial charge in [-0.2, -0.15) is 0 Å². The van der Waals surface area contributed by atoms with Crippen LogP contribution < -0.4 is 4.90 Å². The zero-order valence-corrected chi connectivity index (χ0v) is 34.7. The van der Waals surface area contributed by atoms with Crippen LogP contribution in [0.2, 0.25) is 0 Å². The molecule has 2 heteroatoms. The molecule has 0 bridgehead atoms. The first-order valence-electron chi connectivity index (χ1n) is 21.2. The first-order valence-corrected chi connectivity index (χ1v) is 22.1. The third-order valence-corrected chi connectivity index (χ3v) is 13.6. The normalized spacial score (nSPS) is 11.5. The van der Waals surface area contributed by atoms with Gasteiger partial charge in [0.15, 0.2) is 0 Å². The summed E-state index contributed by atoms with van der Waals surface area (Å²) >= 11 is 1.87. The summed E-state index contributed by atoms with van der Waals surface area (Å²) in [4.78, 5) is 2.46. The molecule has 0 spiro atoms. The maximum atomic E-state index is 2.46. The number of thiophene rings is 1. The standard InChI is InChI=1S/C60H39NS/c1-3-14-40(15-4-1)41-26-28-42(29-27-41)43-30-33-46(34-31-43)61(47-35-36-53-51-20-8-7-18-49(51)50-19-9-10-21-52(50)56(53)39-47)57-37-32-45(38-55(57)44-16-5-2-6-17-44)48-23-13-25-59-60(48)54-22-11-12-24-58(54)62-59/h1-39H. The van der Waals surface area contributed by atoms with E-state index in [-0.39, 0.29) is 0 Å². The molecule has 1 nitrogen and oxygen atoms in total. The summed E-state index contributed by atoms with van der Waals surface area (Å²) in [5, 5.41) is 10.2. The Kier molecular flexibility index (Phi) is 8.76. The number of anilines is 3. The minimum absolute atomic E-state index is 1.09. The van der Waals surface area contributed by atoms with E-state index in [1.54, 1.807) is 0 Å². The second-order valence-electron chi connectivity index (χ2n) is 16.0. The molecule has 12 aromatic rings. The van der Waals surface area contributed by atoms with E-state index < -0.39 is 0 Å². The number of hydrogen-bond donors (Lipinski definition) is 0. The quantitative estimate of drug-likeness (QED) is 0.145. The van der Waals surface area contributed by atoms with Crippen LogP contribution in [-0.2, 0) is 0 Å². The molecule has 0 fully saturated rings. The summed E-state index contributed by atoms with van der Waals surface area (Å²) in [6.45, 7) is 0. The van der Waals surface area contributed by atoms with Crippen molar-refractivity contribution >= 4 is 80.9 Å². The Morgan fingerprint density at radius 1 is 0.258 bits per heavy atom. The Morgan fingerprint density at radius 2 is 0.726 bits per heavy atom. The van der Waals surface area contributed by atoms with E-state index in [1.807, 2.05) is 11.3 Å². The Bertz CT molecular complexity index is 3570. The fraction of sp³-hybridized carbons (Fsp3) is 0. The molecule has 0 saturated carbocycles. The van der Waals surface area contributed by atoms with Crippen molar-refractivity contribution in [1.82, 2.24) is 0 Å². The van der Waals surface area contributed by atoms with Crippen molar-refractivity contribution in [3.05, 3.63) is 237 Å². The van der Waals surface area contributed by atoms with Crippen molar-refractivity contribution in [2.45, 2.75) is 0 Å². The average Bonchev–Trinajstić information content (AvgIpc) is 3.74. The Balaban J connectivity index is 1.06. The Morgan fingerprint density at radius 3 is 1.37 bits per heavy atom. The van der Waals surface area contributed by atoms with E-state index in [0.717, 1.165) is 17.1 Å². The summed E-state index contributed by atoms with van der Waals surface area (Å²) in [5.74, 6) is 0. The SMILES string of the molecule is c1ccc(-c2ccc(-c3ccc(N(c4ccc5c6ccccc6c6ccccc6c5c4)c4ccc(-c5cccc6sc7ccccc7c56)cc4-c4ccccc4)cc3)cc2)cc1. The third-order valence-electron chi connectivity index (χ3n) is 12.5. The van der Waals surface area contributed by atoms with Crippen LogP contribution in [0.15, 0.2) is 237 Å². The highest BCUT2D eigenvalue weighted by molar-refractivity contribution is 7.25. The van der Waals surface area contributed by atoms with Gasteiger partial charge in [-0.3, -0.25) is 0 Å². The van der Waals surface area contributed by atoms with Crippen molar-refractivity contribution < 1.29 is 0 Å². The molecular weight excluding hydrogens is 767 g/mol. The van der Waals surface area contributed by atoms with E-state index >= 15 is 0 Å². The predicted octanol–water partition coefficient (Wildman–Crippen LogP) is 17.7. The average molecular weight is 806 g/mol. The van der Waals surface area contributed by atoms with Crippen LogP contribution in [0, 0.1) is 0 Å². The minimum Gasteiger partial charge on any atom is -0.310 e. The van der Waals surface area contributed by atoms with Gasteiger partial charge in [0.2, 0.25) is 0 Å². The van der Waals surface area contributed by atoms with Crippen molar-refractivity contribution in [2.24, 2.45) is 0 Å². The second kappa shape index (κ2) is 15.0. The summed E-state index contributed by atoms with van der Waals surface area (Å²) in [6, 6.07) is 86.8. The lowest BCUT2D eigenvalue weighted by atomic mass is 9.92. The number of fused-ring (bicyclic) bond motifs is 9. The second-order valence-corrected chi connectivity index (χ2v) is 17.1. The van der Waals surface area contributed by atoms with Crippen molar-refractivity contribution in [2.75, 3.05) is 4.90 Å². The minimum atomic E-state index is 1.09. The van der Waals surface area contributed by atoms with Gasteiger partial charge in [0, 0.05) is 37.1 Å². The molecular formula is C60H39NS. The molecule has 0 unspecified atom stereocenters. The Hall–Kier alpha value is -7.78. The van der Waals surface area contributed by atoms with E-state index in [9.17, 15) is 0 Å². The van der Waals surface area contributed by atoms with Gasteiger partial charge in [-0.15, -0.1) is 11.3 Å². The lowest BCUT2D eigenvalue weighted by Crippen LogP contribution is -2.11. The molecule has 0 aliphatic heterocycles. The van der Waals surface area contributed by atoms with Crippen molar-refractivity contribution in [3.63, 3.8) is 0 Å². The summed E-state index contributed by atoms with van der Waals surface area (Å²) in [5.41, 5.74) is 12.9. The van der Waals surface area contributed by atoms with E-state index in [4.69, 9.17) is 0 Å². The maximum Gasteiger partial charge on any atom is 0.0540 e. The largest absolute Gasteiger partial charge is 0.310 e. The van der Waals surface area contributed by atoms with Gasteiger partial charge < -0.3 is 4.90 Å². The highest BCUT2D eigenvalue weighted by atomic mass is 32.1. The van der Waals surface area contributed by atoms with Gasteiger partial charge in [0.1, 0.15) is 0 Å². The van der Waals surface area contributed by atoms with E-state index in [0.29, 0.717) is 0 Å². The lowest BCUT2D eigenvalue weighted by Gasteiger charge is -2.29. The van der Waals surface area contributed by atoms with Crippen LogP contribution in [-0.4, -0.2) is 0 Å². The first-order chi connectivity index (χ1) is 30.7. The summed E-state index contributed by atoms with van der Waals surface area (Å²) in [7, 11) is 0. The van der Waals surface area contributed by atoms with Gasteiger partial charge in [-0.1, -0.05) is 188 Å². The van der Waals surface area contributed by atoms with Gasteiger partial charge in [-0.25, -0.2) is 0 Å². The topological polar surface area (TPSA) is 3.24 Å². The van der Waals surface area contributed by atoms with Crippen LogP contribution in [0.25, 0.3) is 97.0 Å². The molecule has 0 amide bonds. The van der Waals surface area contributed by atoms with Crippen LogP contribution in [0.4, 0.5) is 17.1 Å². The molecule has 0 N–H and O–H groups in total. The molecule has 0 atom stereocenters. The molecule has 11 aromatic carbocycles. The van der Waals surface area contributed by atoms with E-state index in [1.165, 1.54) is 97.0 Å². The molecule has 0 saturated heterocycles. The summed E-state index contributed by atoms with van der Waals surface area (Å²) in [6.07, 6.45) is 0. The highest BCUT2D eigenvalue weighted by Gasteiger charge is 2.21. The summed E-state index contributed by atoms with van der Waals surface area (Å²) < 4.78 is 2.62. The zero-order chi connectivity index (χ0) is 41.0. The van der Waals surface area contributed by atoms with Gasteiger partial charge in [0.25, 0.3) is 0 Å². The van der Waals surface area contributed by atoms with Crippen LogP contribution in [0.5, 0.6) is 0 Å². The van der Waals surface area contributed by atoms with E-state index in [2.05, 4.69) is 241 Å². The fourth-order valence-electron chi connectivity index (χ4n) is 9.51. The molecule has 290 valence electrons. The highest BCUT2D eigenvalue weighted by Crippen LogP contribution is 2.47. The molecule has 0 radical (unpaired) electrons. The number of hydrogen-bond acceptors (Lipinski definition) is 2. The van der Waals surface area contributed by atoms with Crippen LogP contribution >= 0.6 is 11.3 Å². The number of rotatable bonds is 7.